The first-order chi connectivity index (χ1) is 13.8. The summed E-state index contributed by atoms with van der Waals surface area (Å²) in [7, 11) is 0. The summed E-state index contributed by atoms with van der Waals surface area (Å²) in [6.45, 7) is 6.02. The molecule has 2 aromatic rings. The number of anilines is 1. The van der Waals surface area contributed by atoms with Crippen LogP contribution < -0.4 is 4.90 Å². The maximum Gasteiger partial charge on any atom is 0.416 e. The minimum Gasteiger partial charge on any atom is -0.369 e. The summed E-state index contributed by atoms with van der Waals surface area (Å²) in [4.78, 5) is 16.4. The van der Waals surface area contributed by atoms with Gasteiger partial charge in [0.15, 0.2) is 5.78 Å². The fourth-order valence-corrected chi connectivity index (χ4v) is 4.46. The highest BCUT2D eigenvalue weighted by atomic mass is 19.4. The average Bonchev–Trinajstić information content (AvgIpc) is 3.12. The second-order valence-electron chi connectivity index (χ2n) is 8.03. The van der Waals surface area contributed by atoms with Crippen molar-refractivity contribution in [1.29, 1.82) is 0 Å². The topological polar surface area (TPSA) is 28.5 Å². The van der Waals surface area contributed by atoms with Crippen LogP contribution in [0.25, 0.3) is 0 Å². The first-order valence-corrected chi connectivity index (χ1v) is 10.2. The highest BCUT2D eigenvalue weighted by molar-refractivity contribution is 5.98. The summed E-state index contributed by atoms with van der Waals surface area (Å²) in [6, 6.07) is 7.81. The van der Waals surface area contributed by atoms with Crippen LogP contribution in [0, 0.1) is 0 Å². The van der Waals surface area contributed by atoms with E-state index in [-0.39, 0.29) is 5.78 Å². The standard InChI is InChI=1S/C22H26F3N3O/c1-16(15-28-9-8-19-20(28)6-3-7-21(19)29)26-10-12-27(13-11-26)18-5-2-4-17(14-18)22(23,24)25/h2,4-5,8-9,14,16H,3,6-7,10-13,15H2,1H3. The zero-order valence-corrected chi connectivity index (χ0v) is 16.6. The van der Waals surface area contributed by atoms with Gasteiger partial charge >= 0.3 is 6.18 Å². The normalized spacial score (nSPS) is 19.3. The summed E-state index contributed by atoms with van der Waals surface area (Å²) in [5.74, 6) is 0.243. The van der Waals surface area contributed by atoms with Gasteiger partial charge < -0.3 is 9.47 Å². The van der Waals surface area contributed by atoms with Crippen molar-refractivity contribution < 1.29 is 18.0 Å². The lowest BCUT2D eigenvalue weighted by Gasteiger charge is -2.39. The molecule has 1 aromatic heterocycles. The van der Waals surface area contributed by atoms with Gasteiger partial charge in [-0.25, -0.2) is 0 Å². The van der Waals surface area contributed by atoms with E-state index in [9.17, 15) is 18.0 Å². The van der Waals surface area contributed by atoms with Crippen LogP contribution in [0.5, 0.6) is 0 Å². The molecule has 1 atom stereocenters. The molecule has 0 bridgehead atoms. The Bertz CT molecular complexity index is 882. The van der Waals surface area contributed by atoms with Crippen LogP contribution in [0.4, 0.5) is 18.9 Å². The first kappa shape index (κ1) is 20.0. The smallest absolute Gasteiger partial charge is 0.369 e. The third-order valence-corrected chi connectivity index (χ3v) is 6.13. The van der Waals surface area contributed by atoms with Gasteiger partial charge in [-0.2, -0.15) is 13.2 Å². The van der Waals surface area contributed by atoms with E-state index in [0.717, 1.165) is 49.8 Å². The van der Waals surface area contributed by atoms with Crippen molar-refractivity contribution in [1.82, 2.24) is 9.47 Å². The molecule has 1 aliphatic carbocycles. The van der Waals surface area contributed by atoms with E-state index in [0.29, 0.717) is 31.2 Å². The summed E-state index contributed by atoms with van der Waals surface area (Å²) in [5.41, 5.74) is 2.05. The number of piperazine rings is 1. The number of ketones is 1. The van der Waals surface area contributed by atoms with E-state index in [4.69, 9.17) is 0 Å². The Kier molecular flexibility index (Phi) is 5.42. The number of rotatable bonds is 4. The number of alkyl halides is 3. The van der Waals surface area contributed by atoms with E-state index in [1.807, 2.05) is 17.2 Å². The number of halogens is 3. The Morgan fingerprint density at radius 2 is 1.83 bits per heavy atom. The first-order valence-electron chi connectivity index (χ1n) is 10.2. The number of carbonyl (C=O) groups is 1. The van der Waals surface area contributed by atoms with E-state index >= 15 is 0 Å². The van der Waals surface area contributed by atoms with Crippen LogP contribution in [-0.2, 0) is 19.1 Å². The molecule has 1 aromatic carbocycles. The molecule has 1 unspecified atom stereocenters. The molecule has 4 nitrogen and oxygen atoms in total. The Morgan fingerprint density at radius 1 is 1.07 bits per heavy atom. The lowest BCUT2D eigenvalue weighted by molar-refractivity contribution is -0.137. The number of Topliss-reactive ketones (excluding diaryl/α,β-unsaturated/α-hetero) is 1. The monoisotopic (exact) mass is 405 g/mol. The van der Waals surface area contributed by atoms with Gasteiger partial charge in [0.25, 0.3) is 0 Å². The minimum absolute atomic E-state index is 0.243. The molecule has 1 aliphatic heterocycles. The van der Waals surface area contributed by atoms with Gasteiger partial charge in [-0.3, -0.25) is 9.69 Å². The van der Waals surface area contributed by atoms with Crippen LogP contribution in [0.3, 0.4) is 0 Å². The fourth-order valence-electron chi connectivity index (χ4n) is 4.46. The number of aromatic nitrogens is 1. The van der Waals surface area contributed by atoms with E-state index < -0.39 is 11.7 Å². The molecule has 0 radical (unpaired) electrons. The summed E-state index contributed by atoms with van der Waals surface area (Å²) in [5, 5.41) is 0. The predicted molar refractivity (Wildman–Crippen MR) is 106 cm³/mol. The van der Waals surface area contributed by atoms with E-state index in [2.05, 4.69) is 16.4 Å². The number of fused-ring (bicyclic) bond motifs is 1. The molecule has 4 rings (SSSR count). The Morgan fingerprint density at radius 3 is 2.55 bits per heavy atom. The maximum absolute atomic E-state index is 13.0. The zero-order valence-electron chi connectivity index (χ0n) is 16.6. The molecular formula is C22H26F3N3O. The quantitative estimate of drug-likeness (QED) is 0.762. The Balaban J connectivity index is 1.37. The van der Waals surface area contributed by atoms with E-state index in [1.54, 1.807) is 6.07 Å². The van der Waals surface area contributed by atoms with Crippen LogP contribution in [0.1, 0.15) is 41.4 Å². The van der Waals surface area contributed by atoms with Crippen LogP contribution in [0.2, 0.25) is 0 Å². The molecule has 0 spiro atoms. The molecule has 7 heteroatoms. The number of nitrogens with zero attached hydrogens (tertiary/aromatic N) is 3. The molecule has 0 amide bonds. The molecule has 29 heavy (non-hydrogen) atoms. The molecular weight excluding hydrogens is 379 g/mol. The number of benzene rings is 1. The van der Waals surface area contributed by atoms with Crippen molar-refractivity contribution in [3.05, 3.63) is 53.3 Å². The van der Waals surface area contributed by atoms with Crippen LogP contribution >= 0.6 is 0 Å². The molecule has 0 saturated carbocycles. The highest BCUT2D eigenvalue weighted by Crippen LogP contribution is 2.32. The molecule has 2 aliphatic rings. The minimum atomic E-state index is -4.32. The average molecular weight is 405 g/mol. The summed E-state index contributed by atoms with van der Waals surface area (Å²) >= 11 is 0. The molecule has 1 saturated heterocycles. The molecule has 0 N–H and O–H groups in total. The summed E-state index contributed by atoms with van der Waals surface area (Å²) < 4.78 is 41.1. The van der Waals surface area contributed by atoms with Crippen LogP contribution in [-0.4, -0.2) is 47.5 Å². The van der Waals surface area contributed by atoms with Gasteiger partial charge in [0.05, 0.1) is 5.56 Å². The molecule has 156 valence electrons. The van der Waals surface area contributed by atoms with Gasteiger partial charge in [-0.05, 0) is 44.0 Å². The number of hydrogen-bond donors (Lipinski definition) is 0. The zero-order chi connectivity index (χ0) is 20.6. The second kappa shape index (κ2) is 7.86. The predicted octanol–water partition coefficient (Wildman–Crippen LogP) is 4.24. The number of carbonyl (C=O) groups excluding carboxylic acids is 1. The maximum atomic E-state index is 13.0. The third kappa shape index (κ3) is 4.20. The van der Waals surface area contributed by atoms with Crippen molar-refractivity contribution in [3.63, 3.8) is 0 Å². The van der Waals surface area contributed by atoms with Gasteiger partial charge in [0.1, 0.15) is 0 Å². The van der Waals surface area contributed by atoms with Crippen molar-refractivity contribution in [2.45, 2.75) is 44.9 Å². The second-order valence-corrected chi connectivity index (χ2v) is 8.03. The van der Waals surface area contributed by atoms with Crippen molar-refractivity contribution >= 4 is 11.5 Å². The number of hydrogen-bond acceptors (Lipinski definition) is 3. The SMILES string of the molecule is CC(Cn1ccc2c1CCCC2=O)N1CCN(c2cccc(C(F)(F)F)c2)CC1. The van der Waals surface area contributed by atoms with Crippen LogP contribution in [0.15, 0.2) is 36.5 Å². The van der Waals surface area contributed by atoms with E-state index in [1.165, 1.54) is 12.1 Å². The van der Waals surface area contributed by atoms with Gasteiger partial charge in [-0.1, -0.05) is 6.07 Å². The Labute approximate surface area is 168 Å². The lowest BCUT2D eigenvalue weighted by atomic mass is 9.97. The summed E-state index contributed by atoms with van der Waals surface area (Å²) in [6.07, 6.45) is 0.209. The highest BCUT2D eigenvalue weighted by Gasteiger charge is 2.31. The largest absolute Gasteiger partial charge is 0.416 e. The Hall–Kier alpha value is -2.28. The van der Waals surface area contributed by atoms with Crippen molar-refractivity contribution in [2.24, 2.45) is 0 Å². The lowest BCUT2D eigenvalue weighted by Crippen LogP contribution is -2.50. The van der Waals surface area contributed by atoms with Crippen molar-refractivity contribution in [2.75, 3.05) is 31.1 Å². The third-order valence-electron chi connectivity index (χ3n) is 6.13. The van der Waals surface area contributed by atoms with Gasteiger partial charge in [-0.15, -0.1) is 0 Å². The molecule has 2 heterocycles. The van der Waals surface area contributed by atoms with Gasteiger partial charge in [0.2, 0.25) is 0 Å². The fraction of sp³-hybridized carbons (Fsp3) is 0.500. The van der Waals surface area contributed by atoms with Crippen molar-refractivity contribution in [3.8, 4) is 0 Å². The molecule has 1 fully saturated rings. The van der Waals surface area contributed by atoms with Gasteiger partial charge in [0, 0.05) is 68.3 Å².